The van der Waals surface area contributed by atoms with Crippen LogP contribution >= 0.6 is 0 Å². The number of hydrogen-bond acceptors (Lipinski definition) is 4. The third-order valence-electron chi connectivity index (χ3n) is 5.22. The zero-order chi connectivity index (χ0) is 18.8. The van der Waals surface area contributed by atoms with Crippen LogP contribution in [-0.2, 0) is 0 Å². The predicted molar refractivity (Wildman–Crippen MR) is 111 cm³/mol. The van der Waals surface area contributed by atoms with E-state index in [9.17, 15) is 4.79 Å². The van der Waals surface area contributed by atoms with Gasteiger partial charge in [-0.3, -0.25) is 9.20 Å². The minimum atomic E-state index is -0.0163. The highest BCUT2D eigenvalue weighted by atomic mass is 16.1. The second kappa shape index (κ2) is 7.43. The summed E-state index contributed by atoms with van der Waals surface area (Å²) in [6, 6.07) is 14.0. The Morgan fingerprint density at radius 3 is 2.56 bits per heavy atom. The van der Waals surface area contributed by atoms with E-state index in [-0.39, 0.29) is 11.6 Å². The van der Waals surface area contributed by atoms with Gasteiger partial charge in [-0.25, -0.2) is 4.98 Å². The van der Waals surface area contributed by atoms with Crippen molar-refractivity contribution >= 4 is 17.2 Å². The summed E-state index contributed by atoms with van der Waals surface area (Å²) >= 11 is 0. The van der Waals surface area contributed by atoms with Crippen LogP contribution in [0.4, 0.5) is 11.5 Å². The van der Waals surface area contributed by atoms with Crippen molar-refractivity contribution in [1.29, 1.82) is 0 Å². The summed E-state index contributed by atoms with van der Waals surface area (Å²) in [5.74, 6) is 0.803. The maximum Gasteiger partial charge on any atom is 0.259 e. The van der Waals surface area contributed by atoms with Crippen LogP contribution in [0.3, 0.4) is 0 Å². The van der Waals surface area contributed by atoms with Crippen molar-refractivity contribution in [2.75, 3.05) is 23.3 Å². The molecule has 5 nitrogen and oxygen atoms in total. The summed E-state index contributed by atoms with van der Waals surface area (Å²) in [5.41, 5.74) is 3.87. The molecule has 1 atom stereocenters. The van der Waals surface area contributed by atoms with Gasteiger partial charge < -0.3 is 10.2 Å². The van der Waals surface area contributed by atoms with Gasteiger partial charge in [0.2, 0.25) is 0 Å². The molecule has 0 amide bonds. The second-order valence-corrected chi connectivity index (χ2v) is 7.40. The van der Waals surface area contributed by atoms with E-state index >= 15 is 0 Å². The van der Waals surface area contributed by atoms with E-state index in [1.807, 2.05) is 43.5 Å². The summed E-state index contributed by atoms with van der Waals surface area (Å²) in [6.45, 7) is 6.08. The van der Waals surface area contributed by atoms with Crippen LogP contribution in [0.5, 0.6) is 0 Å². The van der Waals surface area contributed by atoms with Gasteiger partial charge in [0.1, 0.15) is 11.5 Å². The molecular formula is C22H26N4O. The molecule has 0 spiro atoms. The van der Waals surface area contributed by atoms with E-state index in [2.05, 4.69) is 23.2 Å². The average Bonchev–Trinajstić information content (AvgIpc) is 2.69. The standard InChI is InChI=1S/C22H26N4O/c1-16-13-19(17(2)23-18-9-5-3-6-10-18)22-24-20(14-21(27)26(22)15-16)25-11-7-4-8-12-25/h3,5-6,9-10,13-15,17,23H,4,7-8,11-12H2,1-2H3. The van der Waals surface area contributed by atoms with Crippen molar-refractivity contribution < 1.29 is 0 Å². The van der Waals surface area contributed by atoms with Crippen LogP contribution in [0.25, 0.3) is 5.65 Å². The fourth-order valence-corrected chi connectivity index (χ4v) is 3.82. The summed E-state index contributed by atoms with van der Waals surface area (Å²) in [4.78, 5) is 20.0. The lowest BCUT2D eigenvalue weighted by Crippen LogP contribution is -2.32. The van der Waals surface area contributed by atoms with Gasteiger partial charge in [0.05, 0.1) is 6.04 Å². The Morgan fingerprint density at radius 1 is 1.07 bits per heavy atom. The molecule has 1 saturated heterocycles. The SMILES string of the molecule is Cc1cc(C(C)Nc2ccccc2)c2nc(N3CCCCC3)cc(=O)n2c1. The molecule has 1 N–H and O–H groups in total. The predicted octanol–water partition coefficient (Wildman–Crippen LogP) is 4.17. The molecule has 1 aliphatic rings. The highest BCUT2D eigenvalue weighted by Crippen LogP contribution is 2.25. The van der Waals surface area contributed by atoms with E-state index in [4.69, 9.17) is 4.98 Å². The van der Waals surface area contributed by atoms with Gasteiger partial charge in [0.25, 0.3) is 5.56 Å². The van der Waals surface area contributed by atoms with E-state index in [1.54, 1.807) is 10.5 Å². The Bertz CT molecular complexity index is 990. The monoisotopic (exact) mass is 362 g/mol. The first-order valence-electron chi connectivity index (χ1n) is 9.72. The number of rotatable bonds is 4. The summed E-state index contributed by atoms with van der Waals surface area (Å²) in [7, 11) is 0. The Hall–Kier alpha value is -2.82. The van der Waals surface area contributed by atoms with E-state index < -0.39 is 0 Å². The Morgan fingerprint density at radius 2 is 1.81 bits per heavy atom. The molecule has 1 aliphatic heterocycles. The van der Waals surface area contributed by atoms with Crippen molar-refractivity contribution in [2.45, 2.75) is 39.2 Å². The van der Waals surface area contributed by atoms with Crippen LogP contribution in [-0.4, -0.2) is 22.5 Å². The number of nitrogens with zero attached hydrogens (tertiary/aromatic N) is 3. The van der Waals surface area contributed by atoms with E-state index in [1.165, 1.54) is 6.42 Å². The van der Waals surface area contributed by atoms with Crippen LogP contribution in [0.15, 0.2) is 53.5 Å². The quantitative estimate of drug-likeness (QED) is 0.757. The van der Waals surface area contributed by atoms with Crippen LogP contribution in [0.2, 0.25) is 0 Å². The normalized spacial score (nSPS) is 15.7. The van der Waals surface area contributed by atoms with Gasteiger partial charge >= 0.3 is 0 Å². The van der Waals surface area contributed by atoms with Crippen molar-refractivity contribution in [3.8, 4) is 0 Å². The smallest absolute Gasteiger partial charge is 0.259 e. The van der Waals surface area contributed by atoms with Gasteiger partial charge in [-0.05, 0) is 56.9 Å². The largest absolute Gasteiger partial charge is 0.378 e. The zero-order valence-corrected chi connectivity index (χ0v) is 16.0. The lowest BCUT2D eigenvalue weighted by molar-refractivity contribution is 0.573. The van der Waals surface area contributed by atoms with Crippen molar-refractivity contribution in [3.05, 3.63) is 70.1 Å². The topological polar surface area (TPSA) is 49.6 Å². The molecule has 5 heteroatoms. The lowest BCUT2D eigenvalue weighted by Gasteiger charge is -2.28. The Labute approximate surface area is 159 Å². The summed E-state index contributed by atoms with van der Waals surface area (Å²) in [5, 5.41) is 3.53. The maximum absolute atomic E-state index is 12.8. The van der Waals surface area contributed by atoms with Gasteiger partial charge in [0.15, 0.2) is 0 Å². The number of para-hydroxylation sites is 1. The molecule has 3 heterocycles. The molecule has 2 aromatic heterocycles. The molecule has 1 fully saturated rings. The van der Waals surface area contributed by atoms with Crippen LogP contribution in [0, 0.1) is 6.92 Å². The number of fused-ring (bicyclic) bond motifs is 1. The first-order valence-corrected chi connectivity index (χ1v) is 9.72. The first kappa shape index (κ1) is 17.6. The van der Waals surface area contributed by atoms with E-state index in [0.717, 1.165) is 54.2 Å². The van der Waals surface area contributed by atoms with E-state index in [0.29, 0.717) is 0 Å². The fraction of sp³-hybridized carbons (Fsp3) is 0.364. The van der Waals surface area contributed by atoms with Crippen molar-refractivity contribution in [2.24, 2.45) is 0 Å². The molecule has 0 saturated carbocycles. The molecule has 4 rings (SSSR count). The summed E-state index contributed by atoms with van der Waals surface area (Å²) in [6.07, 6.45) is 5.45. The molecular weight excluding hydrogens is 336 g/mol. The molecule has 0 aliphatic carbocycles. The molecule has 3 aromatic rings. The number of hydrogen-bond donors (Lipinski definition) is 1. The van der Waals surface area contributed by atoms with Crippen molar-refractivity contribution in [3.63, 3.8) is 0 Å². The number of pyridine rings is 1. The number of benzene rings is 1. The van der Waals surface area contributed by atoms with Gasteiger partial charge in [-0.1, -0.05) is 18.2 Å². The van der Waals surface area contributed by atoms with Crippen LogP contribution in [0.1, 0.15) is 43.4 Å². The molecule has 27 heavy (non-hydrogen) atoms. The number of nitrogens with one attached hydrogen (secondary N) is 1. The summed E-state index contributed by atoms with van der Waals surface area (Å²) < 4.78 is 1.68. The average molecular weight is 362 g/mol. The number of anilines is 2. The number of piperidine rings is 1. The molecule has 0 radical (unpaired) electrons. The third kappa shape index (κ3) is 3.68. The number of aryl methyl sites for hydroxylation is 1. The minimum Gasteiger partial charge on any atom is -0.378 e. The zero-order valence-electron chi connectivity index (χ0n) is 16.0. The van der Waals surface area contributed by atoms with Crippen molar-refractivity contribution in [1.82, 2.24) is 9.38 Å². The van der Waals surface area contributed by atoms with Gasteiger partial charge in [0, 0.05) is 36.6 Å². The Kier molecular flexibility index (Phi) is 4.84. The maximum atomic E-state index is 12.8. The lowest BCUT2D eigenvalue weighted by atomic mass is 10.1. The van der Waals surface area contributed by atoms with Crippen LogP contribution < -0.4 is 15.8 Å². The second-order valence-electron chi connectivity index (χ2n) is 7.40. The molecule has 1 unspecified atom stereocenters. The number of aromatic nitrogens is 2. The third-order valence-corrected chi connectivity index (χ3v) is 5.22. The molecule has 140 valence electrons. The molecule has 0 bridgehead atoms. The highest BCUT2D eigenvalue weighted by molar-refractivity contribution is 5.58. The first-order chi connectivity index (χ1) is 13.1. The minimum absolute atomic E-state index is 0.0163. The highest BCUT2D eigenvalue weighted by Gasteiger charge is 2.17. The Balaban J connectivity index is 1.78. The fourth-order valence-electron chi connectivity index (χ4n) is 3.82. The molecule has 1 aromatic carbocycles. The van der Waals surface area contributed by atoms with Gasteiger partial charge in [-0.2, -0.15) is 0 Å². The van der Waals surface area contributed by atoms with Gasteiger partial charge in [-0.15, -0.1) is 0 Å².